The van der Waals surface area contributed by atoms with Crippen LogP contribution in [0.2, 0.25) is 0 Å². The highest BCUT2D eigenvalue weighted by Crippen LogP contribution is 2.34. The van der Waals surface area contributed by atoms with E-state index in [2.05, 4.69) is 30.9 Å². The molecule has 1 fully saturated rings. The quantitative estimate of drug-likeness (QED) is 0.764. The lowest BCUT2D eigenvalue weighted by Gasteiger charge is -2.27. The topological polar surface area (TPSA) is 12.5 Å². The lowest BCUT2D eigenvalue weighted by atomic mass is 10.1. The van der Waals surface area contributed by atoms with Crippen molar-refractivity contribution in [1.29, 1.82) is 0 Å². The number of hydrogen-bond donors (Lipinski definition) is 0. The second kappa shape index (κ2) is 5.18. The van der Waals surface area contributed by atoms with Crippen molar-refractivity contribution in [2.24, 2.45) is 5.92 Å². The number of hydrogen-bond acceptors (Lipinski definition) is 2. The highest BCUT2D eigenvalue weighted by Gasteiger charge is 2.36. The van der Waals surface area contributed by atoms with E-state index in [1.165, 1.54) is 5.69 Å². The Bertz CT molecular complexity index is 365. The van der Waals surface area contributed by atoms with Gasteiger partial charge in [0, 0.05) is 18.3 Å². The average Bonchev–Trinajstić information content (AvgIpc) is 2.65. The maximum absolute atomic E-state index is 6.47. The van der Waals surface area contributed by atoms with Crippen LogP contribution >= 0.6 is 11.6 Å². The molecule has 0 bridgehead atoms. The van der Waals surface area contributed by atoms with Gasteiger partial charge in [0.25, 0.3) is 0 Å². The molecule has 0 aliphatic carbocycles. The smallest absolute Gasteiger partial charge is 0.119 e. The molecule has 2 nitrogen and oxygen atoms in total. The van der Waals surface area contributed by atoms with Crippen molar-refractivity contribution in [3.8, 4) is 5.75 Å². The molecule has 1 aliphatic rings. The van der Waals surface area contributed by atoms with E-state index in [1.54, 1.807) is 7.11 Å². The summed E-state index contributed by atoms with van der Waals surface area (Å²) < 4.78 is 5.18. The van der Waals surface area contributed by atoms with Gasteiger partial charge < -0.3 is 9.64 Å². The van der Waals surface area contributed by atoms with E-state index in [-0.39, 0.29) is 5.38 Å². The van der Waals surface area contributed by atoms with Crippen molar-refractivity contribution in [1.82, 2.24) is 0 Å². The molecule has 1 aromatic carbocycles. The minimum absolute atomic E-state index is 0.252. The second-order valence-electron chi connectivity index (χ2n) is 4.75. The van der Waals surface area contributed by atoms with Crippen molar-refractivity contribution >= 4 is 17.3 Å². The molecule has 1 aliphatic heterocycles. The summed E-state index contributed by atoms with van der Waals surface area (Å²) in [6.07, 6.45) is 1.09. The predicted molar refractivity (Wildman–Crippen MR) is 73.2 cm³/mol. The first-order valence-electron chi connectivity index (χ1n) is 6.22. The molecular weight excluding hydrogens is 234 g/mol. The SMILES string of the molecule is CC[C@H]1[C@H](Cl)[C@H](C)CN1c1ccc(OC)cc1. The Kier molecular flexibility index (Phi) is 3.82. The van der Waals surface area contributed by atoms with Crippen molar-refractivity contribution in [3.05, 3.63) is 24.3 Å². The molecule has 1 heterocycles. The van der Waals surface area contributed by atoms with Crippen LogP contribution in [0.15, 0.2) is 24.3 Å². The number of methoxy groups -OCH3 is 1. The van der Waals surface area contributed by atoms with E-state index in [1.807, 2.05) is 12.1 Å². The van der Waals surface area contributed by atoms with Crippen LogP contribution in [0.5, 0.6) is 5.75 Å². The van der Waals surface area contributed by atoms with Crippen LogP contribution in [-0.2, 0) is 0 Å². The average molecular weight is 254 g/mol. The summed E-state index contributed by atoms with van der Waals surface area (Å²) in [6.45, 7) is 5.47. The Balaban J connectivity index is 2.20. The number of ether oxygens (including phenoxy) is 1. The van der Waals surface area contributed by atoms with Gasteiger partial charge in [0.1, 0.15) is 5.75 Å². The molecule has 0 aromatic heterocycles. The fraction of sp³-hybridized carbons (Fsp3) is 0.571. The van der Waals surface area contributed by atoms with Crippen LogP contribution in [0.1, 0.15) is 20.3 Å². The number of nitrogens with zero attached hydrogens (tertiary/aromatic N) is 1. The van der Waals surface area contributed by atoms with Gasteiger partial charge in [-0.2, -0.15) is 0 Å². The molecule has 17 heavy (non-hydrogen) atoms. The summed E-state index contributed by atoms with van der Waals surface area (Å²) in [4.78, 5) is 2.42. The predicted octanol–water partition coefficient (Wildman–Crippen LogP) is 3.54. The molecule has 0 radical (unpaired) electrons. The molecule has 3 atom stereocenters. The monoisotopic (exact) mass is 253 g/mol. The molecular formula is C14H20ClNO. The number of rotatable bonds is 3. The van der Waals surface area contributed by atoms with E-state index in [0.29, 0.717) is 12.0 Å². The molecule has 1 saturated heterocycles. The first-order chi connectivity index (χ1) is 8.17. The van der Waals surface area contributed by atoms with Gasteiger partial charge in [-0.1, -0.05) is 13.8 Å². The molecule has 1 aromatic rings. The Morgan fingerprint density at radius 1 is 1.35 bits per heavy atom. The van der Waals surface area contributed by atoms with Crippen LogP contribution in [0.25, 0.3) is 0 Å². The Morgan fingerprint density at radius 2 is 2.00 bits per heavy atom. The van der Waals surface area contributed by atoms with Crippen molar-refractivity contribution < 1.29 is 4.74 Å². The largest absolute Gasteiger partial charge is 0.497 e. The molecule has 0 spiro atoms. The molecule has 3 heteroatoms. The van der Waals surface area contributed by atoms with Gasteiger partial charge in [0.2, 0.25) is 0 Å². The van der Waals surface area contributed by atoms with E-state index in [9.17, 15) is 0 Å². The zero-order valence-electron chi connectivity index (χ0n) is 10.7. The lowest BCUT2D eigenvalue weighted by Crippen LogP contribution is -2.32. The van der Waals surface area contributed by atoms with Crippen molar-refractivity contribution in [3.63, 3.8) is 0 Å². The summed E-state index contributed by atoms with van der Waals surface area (Å²) in [6, 6.07) is 8.69. The van der Waals surface area contributed by atoms with Gasteiger partial charge in [0.05, 0.1) is 12.5 Å². The Labute approximate surface area is 109 Å². The maximum Gasteiger partial charge on any atom is 0.119 e. The van der Waals surface area contributed by atoms with E-state index in [0.717, 1.165) is 18.7 Å². The van der Waals surface area contributed by atoms with Gasteiger partial charge >= 0.3 is 0 Å². The first-order valence-corrected chi connectivity index (χ1v) is 6.65. The highest BCUT2D eigenvalue weighted by molar-refractivity contribution is 6.21. The Hall–Kier alpha value is -0.890. The molecule has 0 unspecified atom stereocenters. The van der Waals surface area contributed by atoms with Gasteiger partial charge in [-0.3, -0.25) is 0 Å². The zero-order chi connectivity index (χ0) is 12.4. The van der Waals surface area contributed by atoms with Crippen LogP contribution in [0.4, 0.5) is 5.69 Å². The van der Waals surface area contributed by atoms with Crippen LogP contribution in [0, 0.1) is 5.92 Å². The van der Waals surface area contributed by atoms with E-state index >= 15 is 0 Å². The Morgan fingerprint density at radius 3 is 2.53 bits per heavy atom. The lowest BCUT2D eigenvalue weighted by molar-refractivity contribution is 0.415. The van der Waals surface area contributed by atoms with Crippen LogP contribution < -0.4 is 9.64 Å². The number of anilines is 1. The summed E-state index contributed by atoms with van der Waals surface area (Å²) in [5.74, 6) is 1.44. The maximum atomic E-state index is 6.47. The van der Waals surface area contributed by atoms with Gasteiger partial charge in [-0.05, 0) is 36.6 Å². The standard InChI is InChI=1S/C14H20ClNO/c1-4-13-14(15)10(2)9-16(13)11-5-7-12(17-3)8-6-11/h5-8,10,13-14H,4,9H2,1-3H3/t10-,13+,14-/m1/s1. The third kappa shape index (κ3) is 2.37. The first kappa shape index (κ1) is 12.6. The van der Waals surface area contributed by atoms with Gasteiger partial charge in [-0.25, -0.2) is 0 Å². The highest BCUT2D eigenvalue weighted by atomic mass is 35.5. The fourth-order valence-electron chi connectivity index (χ4n) is 2.61. The third-order valence-corrected chi connectivity index (χ3v) is 4.34. The van der Waals surface area contributed by atoms with Crippen molar-refractivity contribution in [2.75, 3.05) is 18.6 Å². The third-order valence-electron chi connectivity index (χ3n) is 3.62. The van der Waals surface area contributed by atoms with E-state index < -0.39 is 0 Å². The molecule has 0 amide bonds. The minimum atomic E-state index is 0.252. The number of benzene rings is 1. The number of halogens is 1. The molecule has 2 rings (SSSR count). The summed E-state index contributed by atoms with van der Waals surface area (Å²) >= 11 is 6.47. The van der Waals surface area contributed by atoms with Crippen molar-refractivity contribution in [2.45, 2.75) is 31.7 Å². The number of alkyl halides is 1. The molecule has 0 N–H and O–H groups in total. The minimum Gasteiger partial charge on any atom is -0.497 e. The van der Waals surface area contributed by atoms with Crippen LogP contribution in [0.3, 0.4) is 0 Å². The molecule has 0 saturated carbocycles. The normalized spacial score (nSPS) is 28.5. The van der Waals surface area contributed by atoms with Gasteiger partial charge in [-0.15, -0.1) is 11.6 Å². The zero-order valence-corrected chi connectivity index (χ0v) is 11.4. The summed E-state index contributed by atoms with van der Waals surface area (Å²) in [5, 5.41) is 0.252. The van der Waals surface area contributed by atoms with Crippen LogP contribution in [-0.4, -0.2) is 25.1 Å². The molecule has 94 valence electrons. The second-order valence-corrected chi connectivity index (χ2v) is 5.25. The van der Waals surface area contributed by atoms with Gasteiger partial charge in [0.15, 0.2) is 0 Å². The summed E-state index contributed by atoms with van der Waals surface area (Å²) in [5.41, 5.74) is 1.24. The van der Waals surface area contributed by atoms with E-state index in [4.69, 9.17) is 16.3 Å². The fourth-order valence-corrected chi connectivity index (χ4v) is 3.01. The summed E-state index contributed by atoms with van der Waals surface area (Å²) in [7, 11) is 1.69.